The highest BCUT2D eigenvalue weighted by atomic mass is 32.2. The van der Waals surface area contributed by atoms with Crippen molar-refractivity contribution in [3.8, 4) is 0 Å². The standard InChI is InChI=1S/C18H24N2O5S/c1-6-14-11-12-19(17(22)25-18(3,4)5)16(21)20(14)26(23,24)15-9-7-13(2)8-10-15/h6-10,14H,1,11-12H2,2-5H3/t14-/m0/s1. The largest absolute Gasteiger partial charge is 0.443 e. The van der Waals surface area contributed by atoms with Crippen LogP contribution in [0.1, 0.15) is 32.8 Å². The zero-order valence-corrected chi connectivity index (χ0v) is 16.2. The lowest BCUT2D eigenvalue weighted by Crippen LogP contribution is -2.58. The molecule has 1 aliphatic heterocycles. The SMILES string of the molecule is C=C[C@H]1CCN(C(=O)OC(C)(C)C)C(=O)N1S(=O)(=O)c1ccc(C)cc1. The van der Waals surface area contributed by atoms with Crippen LogP contribution in [0.3, 0.4) is 0 Å². The van der Waals surface area contributed by atoms with Crippen LogP contribution in [0, 0.1) is 6.92 Å². The molecule has 0 saturated carbocycles. The van der Waals surface area contributed by atoms with Crippen molar-refractivity contribution < 1.29 is 22.7 Å². The molecule has 1 fully saturated rings. The normalized spacial score (nSPS) is 18.6. The molecule has 26 heavy (non-hydrogen) atoms. The molecule has 0 radical (unpaired) electrons. The molecule has 0 N–H and O–H groups in total. The fourth-order valence-electron chi connectivity index (χ4n) is 2.54. The second-order valence-corrected chi connectivity index (χ2v) is 8.94. The molecule has 1 saturated heterocycles. The van der Waals surface area contributed by atoms with Crippen molar-refractivity contribution in [2.75, 3.05) is 6.54 Å². The molecule has 0 aromatic heterocycles. The van der Waals surface area contributed by atoms with Crippen molar-refractivity contribution in [1.82, 2.24) is 9.21 Å². The third-order valence-corrected chi connectivity index (χ3v) is 5.65. The summed E-state index contributed by atoms with van der Waals surface area (Å²) < 4.78 is 31.9. The first-order valence-corrected chi connectivity index (χ1v) is 9.69. The zero-order chi connectivity index (χ0) is 19.7. The first-order valence-electron chi connectivity index (χ1n) is 8.25. The molecular formula is C18H24N2O5S. The Hall–Kier alpha value is -2.35. The van der Waals surface area contributed by atoms with E-state index in [9.17, 15) is 18.0 Å². The molecule has 2 rings (SSSR count). The molecule has 0 spiro atoms. The number of rotatable bonds is 3. The van der Waals surface area contributed by atoms with Crippen LogP contribution >= 0.6 is 0 Å². The molecule has 1 aromatic carbocycles. The van der Waals surface area contributed by atoms with Gasteiger partial charge < -0.3 is 4.74 Å². The first-order chi connectivity index (χ1) is 12.0. The molecule has 1 atom stereocenters. The van der Waals surface area contributed by atoms with E-state index in [1.807, 2.05) is 6.92 Å². The fourth-order valence-corrected chi connectivity index (χ4v) is 4.10. The van der Waals surface area contributed by atoms with E-state index in [1.54, 1.807) is 32.9 Å². The van der Waals surface area contributed by atoms with Gasteiger partial charge in [-0.25, -0.2) is 27.2 Å². The van der Waals surface area contributed by atoms with Crippen LogP contribution in [0.2, 0.25) is 0 Å². The molecule has 0 aliphatic carbocycles. The first kappa shape index (κ1) is 20.0. The lowest BCUT2D eigenvalue weighted by Gasteiger charge is -2.38. The van der Waals surface area contributed by atoms with Gasteiger partial charge in [-0.1, -0.05) is 23.8 Å². The Balaban J connectivity index is 2.40. The van der Waals surface area contributed by atoms with Gasteiger partial charge in [0.1, 0.15) is 5.60 Å². The summed E-state index contributed by atoms with van der Waals surface area (Å²) in [4.78, 5) is 25.9. The number of carbonyl (C=O) groups is 2. The summed E-state index contributed by atoms with van der Waals surface area (Å²) in [5, 5.41) is 0. The Labute approximate surface area is 154 Å². The molecule has 8 heteroatoms. The van der Waals surface area contributed by atoms with E-state index in [-0.39, 0.29) is 17.9 Å². The van der Waals surface area contributed by atoms with Gasteiger partial charge >= 0.3 is 12.1 Å². The molecule has 3 amide bonds. The Morgan fingerprint density at radius 2 is 1.85 bits per heavy atom. The number of benzene rings is 1. The average molecular weight is 380 g/mol. The van der Waals surface area contributed by atoms with E-state index in [1.165, 1.54) is 18.2 Å². The van der Waals surface area contributed by atoms with Gasteiger partial charge in [0, 0.05) is 6.54 Å². The smallest absolute Gasteiger partial charge is 0.418 e. The predicted octanol–water partition coefficient (Wildman–Crippen LogP) is 3.30. The predicted molar refractivity (Wildman–Crippen MR) is 97.1 cm³/mol. The third kappa shape index (κ3) is 4.07. The number of hydrogen-bond donors (Lipinski definition) is 0. The van der Waals surface area contributed by atoms with Gasteiger partial charge in [-0.2, -0.15) is 0 Å². The zero-order valence-electron chi connectivity index (χ0n) is 15.4. The van der Waals surface area contributed by atoms with Crippen LogP contribution in [-0.2, 0) is 14.8 Å². The second kappa shape index (κ2) is 7.11. The summed E-state index contributed by atoms with van der Waals surface area (Å²) in [5.41, 5.74) is 0.0948. The van der Waals surface area contributed by atoms with Crippen LogP contribution in [0.25, 0.3) is 0 Å². The van der Waals surface area contributed by atoms with Gasteiger partial charge in [0.15, 0.2) is 0 Å². The van der Waals surface area contributed by atoms with Gasteiger partial charge in [0.2, 0.25) is 0 Å². The van der Waals surface area contributed by atoms with Crippen LogP contribution in [0.4, 0.5) is 9.59 Å². The summed E-state index contributed by atoms with van der Waals surface area (Å²) in [7, 11) is -4.14. The maximum absolute atomic E-state index is 13.0. The molecule has 0 unspecified atom stereocenters. The summed E-state index contributed by atoms with van der Waals surface area (Å²) in [6.45, 7) is 10.5. The van der Waals surface area contributed by atoms with Gasteiger partial charge in [-0.05, 0) is 46.2 Å². The minimum absolute atomic E-state index is 0.0191. The number of urea groups is 1. The van der Waals surface area contributed by atoms with Crippen molar-refractivity contribution in [2.45, 2.75) is 50.7 Å². The topological polar surface area (TPSA) is 84.0 Å². The highest BCUT2D eigenvalue weighted by molar-refractivity contribution is 7.89. The van der Waals surface area contributed by atoms with Crippen molar-refractivity contribution >= 4 is 22.1 Å². The van der Waals surface area contributed by atoms with Crippen molar-refractivity contribution in [1.29, 1.82) is 0 Å². The fraction of sp³-hybridized carbons (Fsp3) is 0.444. The van der Waals surface area contributed by atoms with Gasteiger partial charge in [-0.15, -0.1) is 6.58 Å². The van der Waals surface area contributed by atoms with E-state index in [2.05, 4.69) is 6.58 Å². The van der Waals surface area contributed by atoms with Gasteiger partial charge in [0.05, 0.1) is 10.9 Å². The van der Waals surface area contributed by atoms with Gasteiger partial charge in [0.25, 0.3) is 10.0 Å². The minimum Gasteiger partial charge on any atom is -0.443 e. The molecule has 0 bridgehead atoms. The lowest BCUT2D eigenvalue weighted by molar-refractivity contribution is 0.0261. The number of sulfonamides is 1. The number of nitrogens with zero attached hydrogens (tertiary/aromatic N) is 2. The van der Waals surface area contributed by atoms with Crippen LogP contribution < -0.4 is 0 Å². The lowest BCUT2D eigenvalue weighted by atomic mass is 10.1. The van der Waals surface area contributed by atoms with E-state index in [0.717, 1.165) is 10.5 Å². The Bertz CT molecular complexity index is 809. The number of ether oxygens (including phenoxy) is 1. The van der Waals surface area contributed by atoms with Gasteiger partial charge in [-0.3, -0.25) is 0 Å². The summed E-state index contributed by atoms with van der Waals surface area (Å²) in [6, 6.07) is 4.50. The van der Waals surface area contributed by atoms with Crippen molar-refractivity contribution in [2.24, 2.45) is 0 Å². The number of aryl methyl sites for hydroxylation is 1. The Morgan fingerprint density at radius 3 is 2.35 bits per heavy atom. The third-order valence-electron chi connectivity index (χ3n) is 3.83. The van der Waals surface area contributed by atoms with E-state index in [4.69, 9.17) is 4.74 Å². The molecule has 7 nitrogen and oxygen atoms in total. The van der Waals surface area contributed by atoms with Crippen molar-refractivity contribution in [3.05, 3.63) is 42.5 Å². The number of imide groups is 1. The van der Waals surface area contributed by atoms with E-state index in [0.29, 0.717) is 4.31 Å². The van der Waals surface area contributed by atoms with E-state index >= 15 is 0 Å². The molecular weight excluding hydrogens is 356 g/mol. The quantitative estimate of drug-likeness (QED) is 0.751. The van der Waals surface area contributed by atoms with Crippen LogP contribution in [0.15, 0.2) is 41.8 Å². The maximum atomic E-state index is 13.0. The summed E-state index contributed by atoms with van der Waals surface area (Å²) in [6.07, 6.45) is 0.782. The monoisotopic (exact) mass is 380 g/mol. The second-order valence-electron chi connectivity index (χ2n) is 7.12. The molecule has 1 aliphatic rings. The summed E-state index contributed by atoms with van der Waals surface area (Å²) >= 11 is 0. The number of hydrogen-bond acceptors (Lipinski definition) is 5. The van der Waals surface area contributed by atoms with Crippen molar-refractivity contribution in [3.63, 3.8) is 0 Å². The average Bonchev–Trinajstić information content (AvgIpc) is 2.52. The maximum Gasteiger partial charge on any atom is 0.418 e. The Morgan fingerprint density at radius 1 is 1.27 bits per heavy atom. The van der Waals surface area contributed by atoms with Crippen LogP contribution in [0.5, 0.6) is 0 Å². The van der Waals surface area contributed by atoms with E-state index < -0.39 is 33.8 Å². The molecule has 142 valence electrons. The molecule has 1 heterocycles. The highest BCUT2D eigenvalue weighted by Gasteiger charge is 2.44. The summed E-state index contributed by atoms with van der Waals surface area (Å²) in [5.74, 6) is 0. The molecule has 1 aromatic rings. The highest BCUT2D eigenvalue weighted by Crippen LogP contribution is 2.27. The number of amides is 3. The Kier molecular flexibility index (Phi) is 5.46. The van der Waals surface area contributed by atoms with Crippen LogP contribution in [-0.4, -0.2) is 47.9 Å². The minimum atomic E-state index is -4.14. The number of carbonyl (C=O) groups excluding carboxylic acids is 2.